The minimum Gasteiger partial charge on any atom is -0.300 e. The quantitative estimate of drug-likeness (QED) is 0.621. The molecule has 4 nitrogen and oxygen atoms in total. The third-order valence-corrected chi connectivity index (χ3v) is 2.52. The first-order chi connectivity index (χ1) is 5.99. The van der Waals surface area contributed by atoms with Gasteiger partial charge in [0.2, 0.25) is 11.8 Å². The molecular formula is C9H16N2O2. The van der Waals surface area contributed by atoms with Crippen LogP contribution in [0.4, 0.5) is 0 Å². The Labute approximate surface area is 78.3 Å². The van der Waals surface area contributed by atoms with Crippen LogP contribution in [0, 0.1) is 0 Å². The van der Waals surface area contributed by atoms with Crippen molar-refractivity contribution < 1.29 is 9.59 Å². The van der Waals surface area contributed by atoms with Gasteiger partial charge in [-0.05, 0) is 20.3 Å². The van der Waals surface area contributed by atoms with Gasteiger partial charge < -0.3 is 0 Å². The van der Waals surface area contributed by atoms with Crippen LogP contribution in [0.25, 0.3) is 0 Å². The van der Waals surface area contributed by atoms with E-state index in [-0.39, 0.29) is 30.4 Å². The molecule has 4 heteroatoms. The van der Waals surface area contributed by atoms with Gasteiger partial charge in [-0.2, -0.15) is 0 Å². The van der Waals surface area contributed by atoms with Gasteiger partial charge in [0.15, 0.2) is 0 Å². The van der Waals surface area contributed by atoms with Gasteiger partial charge in [-0.15, -0.1) is 0 Å². The van der Waals surface area contributed by atoms with Crippen molar-refractivity contribution in [2.24, 2.45) is 0 Å². The van der Waals surface area contributed by atoms with E-state index in [2.05, 4.69) is 5.32 Å². The summed E-state index contributed by atoms with van der Waals surface area (Å²) in [5, 5.41) is 2.77. The minimum atomic E-state index is -0.351. The molecular weight excluding hydrogens is 168 g/mol. The van der Waals surface area contributed by atoms with Gasteiger partial charge in [-0.3, -0.25) is 19.8 Å². The first-order valence-electron chi connectivity index (χ1n) is 4.55. The largest absolute Gasteiger partial charge is 0.300 e. The Morgan fingerprint density at radius 1 is 1.31 bits per heavy atom. The van der Waals surface area contributed by atoms with E-state index >= 15 is 0 Å². The first kappa shape index (κ1) is 10.2. The Kier molecular flexibility index (Phi) is 2.71. The molecule has 1 rings (SSSR count). The maximum atomic E-state index is 11.5. The Bertz CT molecular complexity index is 220. The summed E-state index contributed by atoms with van der Waals surface area (Å²) in [6.45, 7) is 6.34. The van der Waals surface area contributed by atoms with Crippen molar-refractivity contribution in [3.8, 4) is 0 Å². The van der Waals surface area contributed by atoms with Crippen LogP contribution in [0.1, 0.15) is 27.2 Å². The second-order valence-corrected chi connectivity index (χ2v) is 3.89. The maximum Gasteiger partial charge on any atom is 0.243 e. The molecule has 1 heterocycles. The lowest BCUT2D eigenvalue weighted by Gasteiger charge is -2.38. The van der Waals surface area contributed by atoms with Crippen LogP contribution in [0.3, 0.4) is 0 Å². The van der Waals surface area contributed by atoms with E-state index in [1.807, 2.05) is 20.8 Å². The molecule has 0 aliphatic carbocycles. The second-order valence-electron chi connectivity index (χ2n) is 3.89. The summed E-state index contributed by atoms with van der Waals surface area (Å²) in [7, 11) is 0. The molecule has 0 radical (unpaired) electrons. The molecule has 0 aromatic rings. The molecule has 0 aromatic heterocycles. The summed E-state index contributed by atoms with van der Waals surface area (Å²) in [5.41, 5.74) is -0.351. The zero-order valence-electron chi connectivity index (χ0n) is 8.39. The van der Waals surface area contributed by atoms with Crippen LogP contribution < -0.4 is 5.32 Å². The topological polar surface area (TPSA) is 49.4 Å². The van der Waals surface area contributed by atoms with Gasteiger partial charge in [0.1, 0.15) is 0 Å². The Balaban J connectivity index is 2.86. The van der Waals surface area contributed by atoms with E-state index in [1.165, 1.54) is 4.90 Å². The fourth-order valence-electron chi connectivity index (χ4n) is 1.41. The van der Waals surface area contributed by atoms with E-state index in [1.54, 1.807) is 0 Å². The molecule has 0 unspecified atom stereocenters. The fraction of sp³-hybridized carbons (Fsp3) is 0.778. The zero-order chi connectivity index (χ0) is 10.1. The number of hydrogen-bond acceptors (Lipinski definition) is 3. The maximum absolute atomic E-state index is 11.5. The molecule has 0 aromatic carbocycles. The molecule has 1 fully saturated rings. The molecule has 1 N–H and O–H groups in total. The minimum absolute atomic E-state index is 0.122. The highest BCUT2D eigenvalue weighted by Gasteiger charge is 2.36. The van der Waals surface area contributed by atoms with Gasteiger partial charge >= 0.3 is 0 Å². The predicted octanol–water partition coefficient (Wildman–Crippen LogP) is 0.133. The zero-order valence-corrected chi connectivity index (χ0v) is 8.39. The lowest BCUT2D eigenvalue weighted by molar-refractivity contribution is -0.153. The number of nitrogens with one attached hydrogen (secondary N) is 1. The monoisotopic (exact) mass is 184 g/mol. The third-order valence-electron chi connectivity index (χ3n) is 2.52. The van der Waals surface area contributed by atoms with Gasteiger partial charge in [-0.25, -0.2) is 0 Å². The number of piperazine rings is 1. The van der Waals surface area contributed by atoms with E-state index in [0.717, 1.165) is 6.42 Å². The number of imide groups is 1. The van der Waals surface area contributed by atoms with Gasteiger partial charge in [0.05, 0.1) is 13.1 Å². The van der Waals surface area contributed by atoms with Crippen molar-refractivity contribution in [2.45, 2.75) is 32.7 Å². The molecule has 1 saturated heterocycles. The standard InChI is InChI=1S/C9H16N2O2/c1-4-9(2,3)11-7(12)5-10-6-8(11)13/h10H,4-6H2,1-3H3. The molecule has 2 amide bonds. The Hall–Kier alpha value is -0.900. The van der Waals surface area contributed by atoms with Gasteiger partial charge in [0.25, 0.3) is 0 Å². The number of amides is 2. The fourth-order valence-corrected chi connectivity index (χ4v) is 1.41. The summed E-state index contributed by atoms with van der Waals surface area (Å²) < 4.78 is 0. The summed E-state index contributed by atoms with van der Waals surface area (Å²) >= 11 is 0. The summed E-state index contributed by atoms with van der Waals surface area (Å²) in [4.78, 5) is 24.3. The van der Waals surface area contributed by atoms with Crippen LogP contribution in [0.15, 0.2) is 0 Å². The van der Waals surface area contributed by atoms with Crippen LogP contribution in [0.2, 0.25) is 0 Å². The average Bonchev–Trinajstić information content (AvgIpc) is 2.03. The van der Waals surface area contributed by atoms with Crippen LogP contribution in [-0.2, 0) is 9.59 Å². The lowest BCUT2D eigenvalue weighted by atomic mass is 9.98. The number of rotatable bonds is 2. The number of nitrogens with zero attached hydrogens (tertiary/aromatic N) is 1. The number of hydrogen-bond donors (Lipinski definition) is 1. The number of carbonyl (C=O) groups excluding carboxylic acids is 2. The average molecular weight is 184 g/mol. The Morgan fingerprint density at radius 2 is 1.77 bits per heavy atom. The lowest BCUT2D eigenvalue weighted by Crippen LogP contribution is -2.59. The van der Waals surface area contributed by atoms with Crippen LogP contribution >= 0.6 is 0 Å². The smallest absolute Gasteiger partial charge is 0.243 e. The number of carbonyl (C=O) groups is 2. The van der Waals surface area contributed by atoms with Crippen molar-refractivity contribution in [1.29, 1.82) is 0 Å². The molecule has 74 valence electrons. The molecule has 0 atom stereocenters. The second kappa shape index (κ2) is 3.46. The van der Waals surface area contributed by atoms with Crippen LogP contribution in [-0.4, -0.2) is 35.3 Å². The van der Waals surface area contributed by atoms with Crippen molar-refractivity contribution in [3.05, 3.63) is 0 Å². The van der Waals surface area contributed by atoms with E-state index in [9.17, 15) is 9.59 Å². The highest BCUT2D eigenvalue weighted by atomic mass is 16.2. The Morgan fingerprint density at radius 3 is 2.15 bits per heavy atom. The molecule has 1 aliphatic rings. The summed E-state index contributed by atoms with van der Waals surface area (Å²) in [5.74, 6) is -0.244. The van der Waals surface area contributed by atoms with E-state index in [0.29, 0.717) is 0 Å². The predicted molar refractivity (Wildman–Crippen MR) is 49.1 cm³/mol. The van der Waals surface area contributed by atoms with Crippen molar-refractivity contribution >= 4 is 11.8 Å². The van der Waals surface area contributed by atoms with Crippen molar-refractivity contribution in [3.63, 3.8) is 0 Å². The van der Waals surface area contributed by atoms with Crippen molar-refractivity contribution in [1.82, 2.24) is 10.2 Å². The first-order valence-corrected chi connectivity index (χ1v) is 4.55. The van der Waals surface area contributed by atoms with E-state index < -0.39 is 0 Å². The molecule has 0 spiro atoms. The van der Waals surface area contributed by atoms with Crippen molar-refractivity contribution in [2.75, 3.05) is 13.1 Å². The SMILES string of the molecule is CCC(C)(C)N1C(=O)CNCC1=O. The molecule has 1 aliphatic heterocycles. The molecule has 0 bridgehead atoms. The highest BCUT2D eigenvalue weighted by molar-refractivity contribution is 6.00. The summed E-state index contributed by atoms with van der Waals surface area (Å²) in [6.07, 6.45) is 0.782. The normalized spacial score (nSPS) is 19.5. The summed E-state index contributed by atoms with van der Waals surface area (Å²) in [6, 6.07) is 0. The molecule has 0 saturated carbocycles. The molecule has 13 heavy (non-hydrogen) atoms. The van der Waals surface area contributed by atoms with Gasteiger partial charge in [-0.1, -0.05) is 6.92 Å². The van der Waals surface area contributed by atoms with E-state index in [4.69, 9.17) is 0 Å². The van der Waals surface area contributed by atoms with Gasteiger partial charge in [0, 0.05) is 5.54 Å². The van der Waals surface area contributed by atoms with Crippen LogP contribution in [0.5, 0.6) is 0 Å². The highest BCUT2D eigenvalue weighted by Crippen LogP contribution is 2.19. The third kappa shape index (κ3) is 1.88.